The monoisotopic (exact) mass is 220 g/mol. The van der Waals surface area contributed by atoms with Crippen molar-refractivity contribution in [3.05, 3.63) is 23.8 Å². The van der Waals surface area contributed by atoms with Crippen LogP contribution in [-0.4, -0.2) is 40.4 Å². The first kappa shape index (κ1) is 11.0. The van der Waals surface area contributed by atoms with E-state index in [9.17, 15) is 4.79 Å². The molecule has 1 aliphatic heterocycles. The van der Waals surface area contributed by atoms with E-state index in [2.05, 4.69) is 9.97 Å². The predicted octanol–water partition coefficient (Wildman–Crippen LogP) is 0.0596. The predicted molar refractivity (Wildman–Crippen MR) is 59.8 cm³/mol. The highest BCUT2D eigenvalue weighted by Gasteiger charge is 2.28. The molecular formula is C11H16N4O. The topological polar surface area (TPSA) is 72.1 Å². The van der Waals surface area contributed by atoms with Gasteiger partial charge in [0.2, 0.25) is 5.91 Å². The molecule has 0 unspecified atom stereocenters. The minimum absolute atomic E-state index is 0.00940. The van der Waals surface area contributed by atoms with Gasteiger partial charge in [-0.1, -0.05) is 0 Å². The van der Waals surface area contributed by atoms with Gasteiger partial charge in [0.1, 0.15) is 5.82 Å². The molecule has 86 valence electrons. The summed E-state index contributed by atoms with van der Waals surface area (Å²) >= 11 is 0. The van der Waals surface area contributed by atoms with Gasteiger partial charge in [-0.15, -0.1) is 0 Å². The van der Waals surface area contributed by atoms with Crippen LogP contribution in [0.25, 0.3) is 0 Å². The Labute approximate surface area is 94.7 Å². The Kier molecular flexibility index (Phi) is 3.14. The van der Waals surface area contributed by atoms with E-state index < -0.39 is 0 Å². The molecule has 1 amide bonds. The molecule has 1 aromatic heterocycles. The van der Waals surface area contributed by atoms with E-state index >= 15 is 0 Å². The summed E-state index contributed by atoms with van der Waals surface area (Å²) in [6.45, 7) is 3.49. The van der Waals surface area contributed by atoms with Crippen LogP contribution in [0, 0.1) is 6.92 Å². The molecule has 2 heterocycles. The maximum absolute atomic E-state index is 11.4. The first-order valence-corrected chi connectivity index (χ1v) is 5.48. The second kappa shape index (κ2) is 4.57. The molecule has 0 aromatic carbocycles. The summed E-state index contributed by atoms with van der Waals surface area (Å²) in [7, 11) is 0. The van der Waals surface area contributed by atoms with Crippen molar-refractivity contribution in [1.82, 2.24) is 14.9 Å². The molecule has 5 heteroatoms. The third-order valence-electron chi connectivity index (χ3n) is 2.89. The quantitative estimate of drug-likeness (QED) is 0.765. The normalized spacial score (nSPS) is 20.1. The van der Waals surface area contributed by atoms with Gasteiger partial charge in [-0.2, -0.15) is 0 Å². The number of aryl methyl sites for hydroxylation is 1. The van der Waals surface area contributed by atoms with Crippen LogP contribution in [0.3, 0.4) is 0 Å². The van der Waals surface area contributed by atoms with Crippen LogP contribution in [0.1, 0.15) is 23.9 Å². The van der Waals surface area contributed by atoms with Crippen molar-refractivity contribution in [1.29, 1.82) is 0 Å². The lowest BCUT2D eigenvalue weighted by molar-refractivity contribution is -0.128. The number of rotatable bonds is 2. The number of aromatic nitrogens is 2. The fraction of sp³-hybridized carbons (Fsp3) is 0.545. The summed E-state index contributed by atoms with van der Waals surface area (Å²) in [5.41, 5.74) is 6.30. The summed E-state index contributed by atoms with van der Waals surface area (Å²) in [4.78, 5) is 21.9. The Morgan fingerprint density at radius 3 is 3.19 bits per heavy atom. The average molecular weight is 220 g/mol. The molecule has 1 fully saturated rings. The van der Waals surface area contributed by atoms with Gasteiger partial charge in [0, 0.05) is 30.9 Å². The van der Waals surface area contributed by atoms with Crippen LogP contribution >= 0.6 is 0 Å². The second-order valence-electron chi connectivity index (χ2n) is 4.09. The van der Waals surface area contributed by atoms with Crippen molar-refractivity contribution in [3.63, 3.8) is 0 Å². The zero-order valence-corrected chi connectivity index (χ0v) is 9.39. The highest BCUT2D eigenvalue weighted by Crippen LogP contribution is 2.24. The Balaban J connectivity index is 2.06. The number of nitrogens with two attached hydrogens (primary N) is 1. The van der Waals surface area contributed by atoms with Gasteiger partial charge in [0.15, 0.2) is 0 Å². The molecule has 5 nitrogen and oxygen atoms in total. The molecule has 0 bridgehead atoms. The third kappa shape index (κ3) is 2.19. The molecule has 1 aliphatic rings. The Morgan fingerprint density at radius 1 is 1.69 bits per heavy atom. The number of carbonyl (C=O) groups excluding carboxylic acids is 1. The molecule has 2 rings (SSSR count). The Bertz CT molecular complexity index is 393. The Hall–Kier alpha value is -1.49. The molecule has 2 N–H and O–H groups in total. The maximum Gasteiger partial charge on any atom is 0.236 e. The summed E-state index contributed by atoms with van der Waals surface area (Å²) in [5, 5.41) is 0. The number of hydrogen-bond acceptors (Lipinski definition) is 4. The van der Waals surface area contributed by atoms with Gasteiger partial charge in [0.25, 0.3) is 0 Å². The standard InChI is InChI=1S/C11H16N4O/c1-8-2-4-13-11(14-8)9-3-5-15(7-9)10(16)6-12/h2,4,9H,3,5-7,12H2,1H3/t9-/m1/s1. The van der Waals surface area contributed by atoms with Crippen LogP contribution in [-0.2, 0) is 4.79 Å². The fourth-order valence-corrected chi connectivity index (χ4v) is 1.99. The SMILES string of the molecule is Cc1ccnc([C@@H]2CCN(C(=O)CN)C2)n1. The molecule has 16 heavy (non-hydrogen) atoms. The second-order valence-corrected chi connectivity index (χ2v) is 4.09. The summed E-state index contributed by atoms with van der Waals surface area (Å²) in [6, 6.07) is 1.88. The molecule has 1 saturated heterocycles. The number of nitrogens with zero attached hydrogens (tertiary/aromatic N) is 3. The van der Waals surface area contributed by atoms with Crippen molar-refractivity contribution < 1.29 is 4.79 Å². The van der Waals surface area contributed by atoms with Gasteiger partial charge in [-0.05, 0) is 19.4 Å². The van der Waals surface area contributed by atoms with Crippen molar-refractivity contribution in [2.24, 2.45) is 5.73 Å². The van der Waals surface area contributed by atoms with Gasteiger partial charge in [-0.3, -0.25) is 4.79 Å². The molecule has 0 spiro atoms. The van der Waals surface area contributed by atoms with Gasteiger partial charge < -0.3 is 10.6 Å². The highest BCUT2D eigenvalue weighted by molar-refractivity contribution is 5.78. The number of likely N-dealkylation sites (tertiary alicyclic amines) is 1. The smallest absolute Gasteiger partial charge is 0.236 e. The molecule has 1 atom stereocenters. The lowest BCUT2D eigenvalue weighted by atomic mass is 10.1. The van der Waals surface area contributed by atoms with Crippen LogP contribution in [0.2, 0.25) is 0 Å². The molecule has 0 radical (unpaired) electrons. The van der Waals surface area contributed by atoms with E-state index in [1.165, 1.54) is 0 Å². The van der Waals surface area contributed by atoms with Gasteiger partial charge in [-0.25, -0.2) is 9.97 Å². The highest BCUT2D eigenvalue weighted by atomic mass is 16.2. The van der Waals surface area contributed by atoms with Gasteiger partial charge >= 0.3 is 0 Å². The number of carbonyl (C=O) groups is 1. The van der Waals surface area contributed by atoms with E-state index in [-0.39, 0.29) is 18.4 Å². The van der Waals surface area contributed by atoms with Crippen LogP contribution in [0.4, 0.5) is 0 Å². The summed E-state index contributed by atoms with van der Waals surface area (Å²) in [6.07, 6.45) is 2.69. The Morgan fingerprint density at radius 2 is 2.50 bits per heavy atom. The van der Waals surface area contributed by atoms with Crippen LogP contribution < -0.4 is 5.73 Å². The summed E-state index contributed by atoms with van der Waals surface area (Å²) < 4.78 is 0. The molecular weight excluding hydrogens is 204 g/mol. The number of hydrogen-bond donors (Lipinski definition) is 1. The van der Waals surface area contributed by atoms with Crippen molar-refractivity contribution in [2.75, 3.05) is 19.6 Å². The zero-order valence-electron chi connectivity index (χ0n) is 9.39. The van der Waals surface area contributed by atoms with Crippen LogP contribution in [0.15, 0.2) is 12.3 Å². The van der Waals surface area contributed by atoms with E-state index in [0.29, 0.717) is 6.54 Å². The lowest BCUT2D eigenvalue weighted by Gasteiger charge is -2.14. The molecule has 0 saturated carbocycles. The average Bonchev–Trinajstić information content (AvgIpc) is 2.77. The largest absolute Gasteiger partial charge is 0.341 e. The zero-order chi connectivity index (χ0) is 11.5. The van der Waals surface area contributed by atoms with Crippen molar-refractivity contribution in [2.45, 2.75) is 19.3 Å². The van der Waals surface area contributed by atoms with Crippen molar-refractivity contribution >= 4 is 5.91 Å². The van der Waals surface area contributed by atoms with Crippen molar-refractivity contribution in [3.8, 4) is 0 Å². The first-order chi connectivity index (χ1) is 7.70. The van der Waals surface area contributed by atoms with E-state index in [1.807, 2.05) is 13.0 Å². The van der Waals surface area contributed by atoms with E-state index in [1.54, 1.807) is 11.1 Å². The number of amides is 1. The lowest BCUT2D eigenvalue weighted by Crippen LogP contribution is -2.34. The third-order valence-corrected chi connectivity index (χ3v) is 2.89. The van der Waals surface area contributed by atoms with Gasteiger partial charge in [0.05, 0.1) is 6.54 Å². The first-order valence-electron chi connectivity index (χ1n) is 5.48. The minimum Gasteiger partial charge on any atom is -0.341 e. The maximum atomic E-state index is 11.4. The van der Waals surface area contributed by atoms with Crippen LogP contribution in [0.5, 0.6) is 0 Å². The molecule has 0 aliphatic carbocycles. The van der Waals surface area contributed by atoms with E-state index in [4.69, 9.17) is 5.73 Å². The molecule has 1 aromatic rings. The minimum atomic E-state index is 0.00940. The van der Waals surface area contributed by atoms with E-state index in [0.717, 1.165) is 24.5 Å². The summed E-state index contributed by atoms with van der Waals surface area (Å²) in [5.74, 6) is 1.11. The fourth-order valence-electron chi connectivity index (χ4n) is 1.99.